The summed E-state index contributed by atoms with van der Waals surface area (Å²) in [6, 6.07) is 0. The quantitative estimate of drug-likeness (QED) is 0.766. The van der Waals surface area contributed by atoms with Gasteiger partial charge in [0, 0.05) is 27.1 Å². The summed E-state index contributed by atoms with van der Waals surface area (Å²) >= 11 is 0. The van der Waals surface area contributed by atoms with E-state index in [0.29, 0.717) is 11.5 Å². The zero-order chi connectivity index (χ0) is 12.9. The lowest BCUT2D eigenvalue weighted by molar-refractivity contribution is 0.0153. The highest BCUT2D eigenvalue weighted by molar-refractivity contribution is 5.99. The number of aromatic nitrogens is 2. The predicted octanol–water partition coefficient (Wildman–Crippen LogP) is 0.341. The van der Waals surface area contributed by atoms with Crippen LogP contribution in [0.5, 0.6) is 0 Å². The second-order valence-corrected chi connectivity index (χ2v) is 4.73. The molecule has 1 aromatic heterocycles. The Morgan fingerprint density at radius 2 is 1.82 bits per heavy atom. The summed E-state index contributed by atoms with van der Waals surface area (Å²) < 4.78 is 1.81. The molecule has 0 aromatic carbocycles. The van der Waals surface area contributed by atoms with Crippen molar-refractivity contribution >= 4 is 11.7 Å². The van der Waals surface area contributed by atoms with E-state index in [2.05, 4.69) is 4.98 Å². The van der Waals surface area contributed by atoms with Crippen LogP contribution in [0.2, 0.25) is 0 Å². The van der Waals surface area contributed by atoms with Crippen molar-refractivity contribution in [1.29, 1.82) is 0 Å². The van der Waals surface area contributed by atoms with E-state index in [4.69, 9.17) is 0 Å². The van der Waals surface area contributed by atoms with Crippen LogP contribution in [0.25, 0.3) is 0 Å². The van der Waals surface area contributed by atoms with Crippen LogP contribution < -0.4 is 4.90 Å². The molecule has 0 saturated carbocycles. The molecule has 1 aliphatic heterocycles. The van der Waals surface area contributed by atoms with Gasteiger partial charge in [-0.25, -0.2) is 4.98 Å². The summed E-state index contributed by atoms with van der Waals surface area (Å²) in [5.74, 6) is 1.42. The maximum atomic E-state index is 12.1. The maximum absolute atomic E-state index is 12.1. The molecule has 17 heavy (non-hydrogen) atoms. The van der Waals surface area contributed by atoms with E-state index in [1.807, 2.05) is 20.9 Å². The van der Waals surface area contributed by atoms with Crippen molar-refractivity contribution in [3.05, 3.63) is 11.5 Å². The summed E-state index contributed by atoms with van der Waals surface area (Å²) in [7, 11) is 5.14. The van der Waals surface area contributed by atoms with Gasteiger partial charge in [-0.1, -0.05) is 13.8 Å². The lowest BCUT2D eigenvalue weighted by Crippen LogP contribution is -2.52. The molecule has 0 saturated heterocycles. The highest BCUT2D eigenvalue weighted by Gasteiger charge is 2.37. The van der Waals surface area contributed by atoms with Crippen LogP contribution in [-0.4, -0.2) is 45.9 Å². The van der Waals surface area contributed by atoms with Crippen LogP contribution in [0, 0.1) is 0 Å². The molecule has 1 N–H and O–H groups in total. The number of nitrogens with zero attached hydrogens (tertiary/aromatic N) is 4. The van der Waals surface area contributed by atoms with E-state index in [1.165, 1.54) is 4.90 Å². The van der Waals surface area contributed by atoms with Gasteiger partial charge in [-0.3, -0.25) is 9.69 Å². The van der Waals surface area contributed by atoms with Gasteiger partial charge in [-0.05, 0) is 0 Å². The van der Waals surface area contributed by atoms with Crippen LogP contribution in [0.3, 0.4) is 0 Å². The lowest BCUT2D eigenvalue weighted by atomic mass is 10.2. The Kier molecular flexibility index (Phi) is 2.61. The Bertz CT molecular complexity index is 466. The SMILES string of the molecule is CC(C)c1nc2c(n1C)C(=O)N(C)C(O)N2C. The molecule has 1 aliphatic rings. The van der Waals surface area contributed by atoms with Gasteiger partial charge in [-0.15, -0.1) is 0 Å². The second-order valence-electron chi connectivity index (χ2n) is 4.73. The third kappa shape index (κ3) is 1.51. The standard InChI is InChI=1S/C11H18N4O2/c1-6(2)8-12-9-7(13(8)3)10(16)15(5)11(17)14(9)4/h6,11,17H,1-5H3. The number of anilines is 1. The maximum Gasteiger partial charge on any atom is 0.277 e. The number of amides is 1. The largest absolute Gasteiger partial charge is 0.356 e. The molecule has 0 spiro atoms. The number of hydrogen-bond acceptors (Lipinski definition) is 4. The minimum Gasteiger partial charge on any atom is -0.356 e. The Hall–Kier alpha value is -1.56. The smallest absolute Gasteiger partial charge is 0.277 e. The molecule has 1 amide bonds. The van der Waals surface area contributed by atoms with Crippen LogP contribution in [0.4, 0.5) is 5.82 Å². The van der Waals surface area contributed by atoms with E-state index in [-0.39, 0.29) is 11.8 Å². The minimum absolute atomic E-state index is 0.201. The zero-order valence-corrected chi connectivity index (χ0v) is 10.8. The van der Waals surface area contributed by atoms with E-state index in [0.717, 1.165) is 5.82 Å². The number of aliphatic hydroxyl groups excluding tert-OH is 1. The van der Waals surface area contributed by atoms with Crippen molar-refractivity contribution in [3.8, 4) is 0 Å². The van der Waals surface area contributed by atoms with E-state index in [9.17, 15) is 9.90 Å². The number of carbonyl (C=O) groups is 1. The first-order valence-corrected chi connectivity index (χ1v) is 5.61. The van der Waals surface area contributed by atoms with E-state index in [1.54, 1.807) is 23.6 Å². The molecule has 2 heterocycles. The van der Waals surface area contributed by atoms with Crippen LogP contribution in [0.15, 0.2) is 0 Å². The third-order valence-electron chi connectivity index (χ3n) is 3.18. The first-order chi connectivity index (χ1) is 7.86. The van der Waals surface area contributed by atoms with Crippen LogP contribution in [-0.2, 0) is 7.05 Å². The number of hydrogen-bond donors (Lipinski definition) is 1. The highest BCUT2D eigenvalue weighted by Crippen LogP contribution is 2.30. The highest BCUT2D eigenvalue weighted by atomic mass is 16.3. The molecular weight excluding hydrogens is 220 g/mol. The summed E-state index contributed by atoms with van der Waals surface area (Å²) in [6.07, 6.45) is -0.954. The van der Waals surface area contributed by atoms with Crippen molar-refractivity contribution in [3.63, 3.8) is 0 Å². The first-order valence-electron chi connectivity index (χ1n) is 5.61. The van der Waals surface area contributed by atoms with Gasteiger partial charge in [0.1, 0.15) is 5.82 Å². The Morgan fingerprint density at radius 1 is 1.24 bits per heavy atom. The minimum atomic E-state index is -0.954. The monoisotopic (exact) mass is 238 g/mol. The van der Waals surface area contributed by atoms with Crippen molar-refractivity contribution in [1.82, 2.24) is 14.5 Å². The van der Waals surface area contributed by atoms with Gasteiger partial charge in [0.15, 0.2) is 11.5 Å². The lowest BCUT2D eigenvalue weighted by Gasteiger charge is -2.36. The molecule has 94 valence electrons. The molecular formula is C11H18N4O2. The molecule has 6 heteroatoms. The summed E-state index contributed by atoms with van der Waals surface area (Å²) in [4.78, 5) is 19.5. The second kappa shape index (κ2) is 3.73. The topological polar surface area (TPSA) is 61.6 Å². The Balaban J connectivity index is 2.62. The molecule has 0 bridgehead atoms. The Morgan fingerprint density at radius 3 is 2.35 bits per heavy atom. The average molecular weight is 238 g/mol. The molecule has 0 aliphatic carbocycles. The number of imidazole rings is 1. The molecule has 1 atom stereocenters. The number of aliphatic hydroxyl groups is 1. The van der Waals surface area contributed by atoms with Crippen molar-refractivity contribution in [2.24, 2.45) is 7.05 Å². The van der Waals surface area contributed by atoms with Crippen LogP contribution >= 0.6 is 0 Å². The van der Waals surface area contributed by atoms with Gasteiger partial charge in [0.25, 0.3) is 5.91 Å². The first kappa shape index (κ1) is 11.9. The normalized spacial score (nSPS) is 20.2. The van der Waals surface area contributed by atoms with Gasteiger partial charge in [0.2, 0.25) is 6.35 Å². The summed E-state index contributed by atoms with van der Waals surface area (Å²) in [6.45, 7) is 4.05. The molecule has 0 fully saturated rings. The molecule has 1 unspecified atom stereocenters. The molecule has 2 rings (SSSR count). The fourth-order valence-electron chi connectivity index (χ4n) is 2.14. The fraction of sp³-hybridized carbons (Fsp3) is 0.636. The van der Waals surface area contributed by atoms with E-state index < -0.39 is 6.35 Å². The summed E-state index contributed by atoms with van der Waals surface area (Å²) in [5.41, 5.74) is 0.531. The Labute approximate surface area is 100 Å². The number of fused-ring (bicyclic) bond motifs is 1. The van der Waals surface area contributed by atoms with Crippen molar-refractivity contribution < 1.29 is 9.90 Å². The average Bonchev–Trinajstić information content (AvgIpc) is 2.62. The van der Waals surface area contributed by atoms with Gasteiger partial charge in [-0.2, -0.15) is 0 Å². The molecule has 1 aromatic rings. The third-order valence-corrected chi connectivity index (χ3v) is 3.18. The van der Waals surface area contributed by atoms with Gasteiger partial charge >= 0.3 is 0 Å². The zero-order valence-electron chi connectivity index (χ0n) is 10.8. The van der Waals surface area contributed by atoms with Crippen molar-refractivity contribution in [2.45, 2.75) is 26.1 Å². The van der Waals surface area contributed by atoms with E-state index >= 15 is 0 Å². The molecule has 6 nitrogen and oxygen atoms in total. The number of carbonyl (C=O) groups excluding carboxylic acids is 1. The van der Waals surface area contributed by atoms with Crippen LogP contribution in [0.1, 0.15) is 36.1 Å². The summed E-state index contributed by atoms with van der Waals surface area (Å²) in [5, 5.41) is 9.88. The predicted molar refractivity (Wildman–Crippen MR) is 63.8 cm³/mol. The fourth-order valence-corrected chi connectivity index (χ4v) is 2.14. The van der Waals surface area contributed by atoms with Crippen molar-refractivity contribution in [2.75, 3.05) is 19.0 Å². The number of rotatable bonds is 1. The van der Waals surface area contributed by atoms with Gasteiger partial charge < -0.3 is 14.6 Å². The molecule has 0 radical (unpaired) electrons. The van der Waals surface area contributed by atoms with Gasteiger partial charge in [0.05, 0.1) is 0 Å².